The molecule has 2 rings (SSSR count). The lowest BCUT2D eigenvalue weighted by molar-refractivity contribution is -0.274. The molecule has 0 aliphatic heterocycles. The number of hydrogen-bond donors (Lipinski definition) is 2. The Labute approximate surface area is 147 Å². The standard InChI is InChI=1S/C14H13F3N4O.HI/c15-14(16,17)22-12-7-2-1-6-11(12)21-13(18)20-9-10-5-3-4-8-19-10;/h1-8H,9H2,(H3,18,20,21);1H. The molecule has 0 atom stereocenters. The van der Waals surface area contributed by atoms with Crippen molar-refractivity contribution in [3.63, 3.8) is 0 Å². The molecule has 0 fully saturated rings. The van der Waals surface area contributed by atoms with Crippen LogP contribution in [0.25, 0.3) is 0 Å². The number of pyridine rings is 1. The maximum absolute atomic E-state index is 12.3. The van der Waals surface area contributed by atoms with Gasteiger partial charge >= 0.3 is 6.36 Å². The fraction of sp³-hybridized carbons (Fsp3) is 0.143. The molecule has 1 aromatic heterocycles. The summed E-state index contributed by atoms with van der Waals surface area (Å²) in [6, 6.07) is 10.9. The molecule has 124 valence electrons. The number of nitrogens with two attached hydrogens (primary N) is 1. The Morgan fingerprint density at radius 3 is 2.52 bits per heavy atom. The highest BCUT2D eigenvalue weighted by molar-refractivity contribution is 14.0. The molecule has 1 aromatic carbocycles. The number of ether oxygens (including phenoxy) is 1. The maximum Gasteiger partial charge on any atom is 0.573 e. The van der Waals surface area contributed by atoms with Crippen molar-refractivity contribution in [1.29, 1.82) is 0 Å². The first kappa shape index (κ1) is 19.0. The summed E-state index contributed by atoms with van der Waals surface area (Å²) in [4.78, 5) is 8.07. The predicted octanol–water partition coefficient (Wildman–Crippen LogP) is 3.53. The Hall–Kier alpha value is -2.04. The first-order valence-electron chi connectivity index (χ1n) is 6.26. The smallest absolute Gasteiger partial charge is 0.404 e. The number of alkyl halides is 3. The van der Waals surface area contributed by atoms with Gasteiger partial charge in [-0.3, -0.25) is 4.98 Å². The van der Waals surface area contributed by atoms with Crippen molar-refractivity contribution in [3.8, 4) is 5.75 Å². The zero-order valence-corrected chi connectivity index (χ0v) is 14.1. The number of rotatable bonds is 4. The highest BCUT2D eigenvalue weighted by Gasteiger charge is 2.32. The molecule has 0 aliphatic carbocycles. The molecule has 0 radical (unpaired) electrons. The van der Waals surface area contributed by atoms with Crippen molar-refractivity contribution >= 4 is 35.6 Å². The van der Waals surface area contributed by atoms with Crippen LogP contribution in [0.15, 0.2) is 53.7 Å². The van der Waals surface area contributed by atoms with Crippen LogP contribution in [0, 0.1) is 0 Å². The van der Waals surface area contributed by atoms with Gasteiger partial charge in [-0.1, -0.05) is 18.2 Å². The quantitative estimate of drug-likeness (QED) is 0.436. The summed E-state index contributed by atoms with van der Waals surface area (Å²) in [5.74, 6) is -0.421. The van der Waals surface area contributed by atoms with Gasteiger partial charge in [-0.2, -0.15) is 0 Å². The van der Waals surface area contributed by atoms with E-state index in [1.807, 2.05) is 0 Å². The number of para-hydroxylation sites is 2. The third-order valence-corrected chi connectivity index (χ3v) is 2.51. The number of hydrogen-bond acceptors (Lipinski definition) is 3. The Morgan fingerprint density at radius 2 is 1.87 bits per heavy atom. The van der Waals surface area contributed by atoms with E-state index in [-0.39, 0.29) is 47.9 Å². The van der Waals surface area contributed by atoms with E-state index >= 15 is 0 Å². The fourth-order valence-corrected chi connectivity index (χ4v) is 1.62. The second kappa shape index (κ2) is 8.56. The number of anilines is 1. The average molecular weight is 438 g/mol. The van der Waals surface area contributed by atoms with Gasteiger partial charge in [0.25, 0.3) is 0 Å². The van der Waals surface area contributed by atoms with Crippen LogP contribution in [-0.4, -0.2) is 17.3 Å². The molecule has 0 saturated heterocycles. The van der Waals surface area contributed by atoms with Gasteiger partial charge in [0.15, 0.2) is 11.7 Å². The van der Waals surface area contributed by atoms with Crippen LogP contribution in [-0.2, 0) is 6.54 Å². The van der Waals surface area contributed by atoms with E-state index in [1.54, 1.807) is 30.5 Å². The van der Waals surface area contributed by atoms with E-state index in [9.17, 15) is 13.2 Å². The highest BCUT2D eigenvalue weighted by Crippen LogP contribution is 2.29. The monoisotopic (exact) mass is 438 g/mol. The van der Waals surface area contributed by atoms with Crippen LogP contribution >= 0.6 is 24.0 Å². The second-order valence-electron chi connectivity index (χ2n) is 4.19. The Balaban J connectivity index is 0.00000264. The zero-order valence-electron chi connectivity index (χ0n) is 11.7. The van der Waals surface area contributed by atoms with Gasteiger partial charge in [0.2, 0.25) is 0 Å². The van der Waals surface area contributed by atoms with Crippen LogP contribution < -0.4 is 15.8 Å². The lowest BCUT2D eigenvalue weighted by atomic mass is 10.3. The van der Waals surface area contributed by atoms with Crippen LogP contribution in [0.5, 0.6) is 5.75 Å². The molecule has 0 amide bonds. The molecule has 0 saturated carbocycles. The Kier molecular flexibility index (Phi) is 7.07. The number of aromatic nitrogens is 1. The van der Waals surface area contributed by atoms with Crippen LogP contribution in [0.4, 0.5) is 18.9 Å². The predicted molar refractivity (Wildman–Crippen MR) is 91.7 cm³/mol. The maximum atomic E-state index is 12.3. The summed E-state index contributed by atoms with van der Waals surface area (Å²) in [5, 5.41) is 2.58. The zero-order chi connectivity index (χ0) is 16.0. The van der Waals surface area contributed by atoms with E-state index in [2.05, 4.69) is 20.0 Å². The molecular weight excluding hydrogens is 424 g/mol. The number of nitrogens with zero attached hydrogens (tertiary/aromatic N) is 2. The lowest BCUT2D eigenvalue weighted by Crippen LogP contribution is -2.24. The number of nitrogens with one attached hydrogen (secondary N) is 1. The topological polar surface area (TPSA) is 72.5 Å². The number of guanidine groups is 1. The second-order valence-corrected chi connectivity index (χ2v) is 4.19. The lowest BCUT2D eigenvalue weighted by Gasteiger charge is -2.14. The molecule has 23 heavy (non-hydrogen) atoms. The number of benzene rings is 1. The first-order chi connectivity index (χ1) is 10.4. The van der Waals surface area contributed by atoms with Crippen LogP contribution in [0.3, 0.4) is 0 Å². The molecule has 0 bridgehead atoms. The van der Waals surface area contributed by atoms with Crippen molar-refractivity contribution in [2.45, 2.75) is 12.9 Å². The van der Waals surface area contributed by atoms with E-state index < -0.39 is 6.36 Å². The van der Waals surface area contributed by atoms with Crippen molar-refractivity contribution < 1.29 is 17.9 Å². The van der Waals surface area contributed by atoms with E-state index in [0.717, 1.165) is 0 Å². The third kappa shape index (κ3) is 6.72. The minimum absolute atomic E-state index is 0. The molecule has 5 nitrogen and oxygen atoms in total. The minimum Gasteiger partial charge on any atom is -0.404 e. The van der Waals surface area contributed by atoms with Gasteiger partial charge in [0, 0.05) is 6.20 Å². The van der Waals surface area contributed by atoms with E-state index in [1.165, 1.54) is 18.2 Å². The highest BCUT2D eigenvalue weighted by atomic mass is 127. The Morgan fingerprint density at radius 1 is 1.17 bits per heavy atom. The first-order valence-corrected chi connectivity index (χ1v) is 6.26. The number of aliphatic imine (C=N–C) groups is 1. The summed E-state index contributed by atoms with van der Waals surface area (Å²) in [5.41, 5.74) is 6.42. The fourth-order valence-electron chi connectivity index (χ4n) is 1.62. The van der Waals surface area contributed by atoms with Crippen molar-refractivity contribution in [2.24, 2.45) is 10.7 Å². The molecule has 0 aliphatic rings. The summed E-state index contributed by atoms with van der Waals surface area (Å²) < 4.78 is 40.8. The van der Waals surface area contributed by atoms with Gasteiger partial charge in [-0.15, -0.1) is 37.1 Å². The molecular formula is C14H14F3IN4O. The van der Waals surface area contributed by atoms with Gasteiger partial charge in [-0.05, 0) is 24.3 Å². The van der Waals surface area contributed by atoms with Crippen LogP contribution in [0.2, 0.25) is 0 Å². The summed E-state index contributed by atoms with van der Waals surface area (Å²) in [6.45, 7) is 0.210. The number of halogens is 4. The van der Waals surface area contributed by atoms with Gasteiger partial charge in [0.05, 0.1) is 17.9 Å². The average Bonchev–Trinajstić information content (AvgIpc) is 2.47. The van der Waals surface area contributed by atoms with E-state index in [4.69, 9.17) is 5.73 Å². The molecule has 0 unspecified atom stereocenters. The Bertz CT molecular complexity index is 650. The molecule has 0 spiro atoms. The normalized spacial score (nSPS) is 11.5. The van der Waals surface area contributed by atoms with Crippen molar-refractivity contribution in [2.75, 3.05) is 5.32 Å². The SMILES string of the molecule is I.NC(=NCc1ccccn1)Nc1ccccc1OC(F)(F)F. The summed E-state index contributed by atoms with van der Waals surface area (Å²) >= 11 is 0. The summed E-state index contributed by atoms with van der Waals surface area (Å²) in [7, 11) is 0. The van der Waals surface area contributed by atoms with Gasteiger partial charge in [-0.25, -0.2) is 4.99 Å². The molecule has 2 aromatic rings. The van der Waals surface area contributed by atoms with Crippen molar-refractivity contribution in [3.05, 3.63) is 54.4 Å². The third-order valence-electron chi connectivity index (χ3n) is 2.51. The minimum atomic E-state index is -4.78. The largest absolute Gasteiger partial charge is 0.573 e. The van der Waals surface area contributed by atoms with Gasteiger partial charge in [0.1, 0.15) is 0 Å². The molecule has 9 heteroatoms. The van der Waals surface area contributed by atoms with Gasteiger partial charge < -0.3 is 15.8 Å². The van der Waals surface area contributed by atoms with Crippen LogP contribution in [0.1, 0.15) is 5.69 Å². The molecule has 3 N–H and O–H groups in total. The molecule has 1 heterocycles. The summed E-state index contributed by atoms with van der Waals surface area (Å²) in [6.07, 6.45) is -3.17. The van der Waals surface area contributed by atoms with Crippen molar-refractivity contribution in [1.82, 2.24) is 4.98 Å². The van der Waals surface area contributed by atoms with E-state index in [0.29, 0.717) is 5.69 Å².